The zero-order valence-corrected chi connectivity index (χ0v) is 16.0. The summed E-state index contributed by atoms with van der Waals surface area (Å²) in [6.45, 7) is 2.38. The largest absolute Gasteiger partial charge is 0.350 e. The molecule has 138 valence electrons. The fourth-order valence-corrected chi connectivity index (χ4v) is 4.04. The van der Waals surface area contributed by atoms with Gasteiger partial charge in [0, 0.05) is 16.5 Å². The van der Waals surface area contributed by atoms with Crippen molar-refractivity contribution in [2.75, 3.05) is 25.0 Å². The Labute approximate surface area is 162 Å². The van der Waals surface area contributed by atoms with Crippen LogP contribution in [-0.2, 0) is 16.1 Å². The van der Waals surface area contributed by atoms with Gasteiger partial charge < -0.3 is 10.6 Å². The quantitative estimate of drug-likeness (QED) is 0.793. The van der Waals surface area contributed by atoms with Crippen molar-refractivity contribution in [1.29, 1.82) is 0 Å². The normalized spacial score (nSPS) is 15.6. The highest BCUT2D eigenvalue weighted by Crippen LogP contribution is 2.21. The van der Waals surface area contributed by atoms with Crippen LogP contribution in [0, 0.1) is 5.92 Å². The van der Waals surface area contributed by atoms with Crippen LogP contribution in [0.5, 0.6) is 0 Å². The summed E-state index contributed by atoms with van der Waals surface area (Å²) in [5.74, 6) is 0.0689. The summed E-state index contributed by atoms with van der Waals surface area (Å²) in [4.78, 5) is 27.6. The van der Waals surface area contributed by atoms with Gasteiger partial charge in [0.1, 0.15) is 0 Å². The minimum Gasteiger partial charge on any atom is -0.350 e. The molecule has 2 amide bonds. The number of carbonyl (C=O) groups is 2. The molecule has 0 saturated carbocycles. The van der Waals surface area contributed by atoms with Crippen LogP contribution in [-0.4, -0.2) is 36.3 Å². The van der Waals surface area contributed by atoms with E-state index in [4.69, 9.17) is 11.6 Å². The predicted octanol–water partition coefficient (Wildman–Crippen LogP) is 3.37. The van der Waals surface area contributed by atoms with Crippen molar-refractivity contribution >= 4 is 40.4 Å². The Morgan fingerprint density at radius 2 is 1.85 bits per heavy atom. The molecule has 1 fully saturated rings. The minimum absolute atomic E-state index is 0.00158. The maximum Gasteiger partial charge on any atom is 0.234 e. The number of likely N-dealkylation sites (tertiary alicyclic amines) is 1. The predicted molar refractivity (Wildman–Crippen MR) is 105 cm³/mol. The van der Waals surface area contributed by atoms with E-state index in [-0.39, 0.29) is 17.7 Å². The molecule has 1 saturated heterocycles. The highest BCUT2D eigenvalue weighted by molar-refractivity contribution is 7.16. The minimum atomic E-state index is 0.00158. The molecule has 1 aliphatic rings. The summed E-state index contributed by atoms with van der Waals surface area (Å²) in [7, 11) is 0. The Hall–Kier alpha value is -1.89. The van der Waals surface area contributed by atoms with E-state index in [9.17, 15) is 9.59 Å². The smallest absolute Gasteiger partial charge is 0.234 e. The van der Waals surface area contributed by atoms with Crippen molar-refractivity contribution in [3.63, 3.8) is 0 Å². The third-order valence-electron chi connectivity index (χ3n) is 4.46. The van der Waals surface area contributed by atoms with Gasteiger partial charge in [0.25, 0.3) is 0 Å². The topological polar surface area (TPSA) is 61.4 Å². The maximum absolute atomic E-state index is 12.3. The summed E-state index contributed by atoms with van der Waals surface area (Å²) in [6.07, 6.45) is 1.54. The number of para-hydroxylation sites is 1. The third kappa shape index (κ3) is 5.56. The van der Waals surface area contributed by atoms with Gasteiger partial charge in [0.2, 0.25) is 11.8 Å². The average molecular weight is 392 g/mol. The molecule has 0 radical (unpaired) electrons. The maximum atomic E-state index is 12.3. The number of rotatable bonds is 6. The number of benzene rings is 1. The highest BCUT2D eigenvalue weighted by atomic mass is 35.5. The number of halogens is 1. The first-order valence-corrected chi connectivity index (χ1v) is 9.89. The van der Waals surface area contributed by atoms with Crippen LogP contribution >= 0.6 is 22.9 Å². The zero-order chi connectivity index (χ0) is 18.4. The standard InChI is InChI=1S/C19H22ClN3O2S/c20-17-7-6-16(26-17)12-21-18(24)13-23-10-8-14(9-11-23)19(25)22-15-4-2-1-3-5-15/h1-7,14H,8-13H2,(H,21,24)(H,22,25). The van der Waals surface area contributed by atoms with Gasteiger partial charge in [-0.15, -0.1) is 11.3 Å². The molecule has 0 aliphatic carbocycles. The fourth-order valence-electron chi connectivity index (χ4n) is 3.01. The van der Waals surface area contributed by atoms with Gasteiger partial charge in [0.15, 0.2) is 0 Å². The fraction of sp³-hybridized carbons (Fsp3) is 0.368. The molecule has 2 aromatic rings. The number of thiophene rings is 1. The molecule has 1 aliphatic heterocycles. The summed E-state index contributed by atoms with van der Waals surface area (Å²) in [6, 6.07) is 13.3. The van der Waals surface area contributed by atoms with Crippen molar-refractivity contribution in [3.05, 3.63) is 51.7 Å². The molecular formula is C19H22ClN3O2S. The molecule has 0 atom stereocenters. The van der Waals surface area contributed by atoms with E-state index in [1.807, 2.05) is 42.5 Å². The van der Waals surface area contributed by atoms with Crippen LogP contribution in [0.15, 0.2) is 42.5 Å². The van der Waals surface area contributed by atoms with Crippen molar-refractivity contribution in [2.45, 2.75) is 19.4 Å². The van der Waals surface area contributed by atoms with Gasteiger partial charge in [0.05, 0.1) is 17.4 Å². The van der Waals surface area contributed by atoms with Crippen LogP contribution < -0.4 is 10.6 Å². The number of nitrogens with zero attached hydrogens (tertiary/aromatic N) is 1. The number of carbonyl (C=O) groups excluding carboxylic acids is 2. The number of amides is 2. The van der Waals surface area contributed by atoms with Crippen LogP contribution in [0.2, 0.25) is 4.34 Å². The van der Waals surface area contributed by atoms with E-state index in [1.54, 1.807) is 0 Å². The third-order valence-corrected chi connectivity index (χ3v) is 5.69. The molecule has 7 heteroatoms. The van der Waals surface area contributed by atoms with Gasteiger partial charge in [-0.3, -0.25) is 14.5 Å². The number of piperidine rings is 1. The Morgan fingerprint density at radius 1 is 1.12 bits per heavy atom. The Kier molecular flexibility index (Phi) is 6.66. The number of anilines is 1. The van der Waals surface area contributed by atoms with Crippen LogP contribution in [0.1, 0.15) is 17.7 Å². The Balaban J connectivity index is 1.37. The van der Waals surface area contributed by atoms with E-state index in [0.29, 0.717) is 13.1 Å². The van der Waals surface area contributed by atoms with Gasteiger partial charge in [-0.05, 0) is 50.2 Å². The van der Waals surface area contributed by atoms with Crippen molar-refractivity contribution in [3.8, 4) is 0 Å². The lowest BCUT2D eigenvalue weighted by Crippen LogP contribution is -2.43. The van der Waals surface area contributed by atoms with Crippen LogP contribution in [0.4, 0.5) is 5.69 Å². The molecule has 26 heavy (non-hydrogen) atoms. The molecule has 0 spiro atoms. The molecule has 0 unspecified atom stereocenters. The highest BCUT2D eigenvalue weighted by Gasteiger charge is 2.25. The van der Waals surface area contributed by atoms with E-state index in [2.05, 4.69) is 15.5 Å². The molecule has 1 aromatic heterocycles. The molecule has 2 N–H and O–H groups in total. The molecular weight excluding hydrogens is 370 g/mol. The molecule has 5 nitrogen and oxygen atoms in total. The second-order valence-electron chi connectivity index (χ2n) is 6.39. The number of hydrogen-bond donors (Lipinski definition) is 2. The van der Waals surface area contributed by atoms with E-state index >= 15 is 0 Å². The number of hydrogen-bond acceptors (Lipinski definition) is 4. The van der Waals surface area contributed by atoms with E-state index in [0.717, 1.165) is 40.8 Å². The van der Waals surface area contributed by atoms with Gasteiger partial charge in [-0.1, -0.05) is 29.8 Å². The van der Waals surface area contributed by atoms with E-state index < -0.39 is 0 Å². The summed E-state index contributed by atoms with van der Waals surface area (Å²) in [5, 5.41) is 5.88. The number of nitrogens with one attached hydrogen (secondary N) is 2. The summed E-state index contributed by atoms with van der Waals surface area (Å²) >= 11 is 7.36. The first-order valence-electron chi connectivity index (χ1n) is 8.69. The first kappa shape index (κ1) is 18.9. The monoisotopic (exact) mass is 391 g/mol. The van der Waals surface area contributed by atoms with Gasteiger partial charge in [-0.25, -0.2) is 0 Å². The van der Waals surface area contributed by atoms with Crippen molar-refractivity contribution in [1.82, 2.24) is 10.2 Å². The van der Waals surface area contributed by atoms with Crippen molar-refractivity contribution in [2.24, 2.45) is 5.92 Å². The molecule has 3 rings (SSSR count). The SMILES string of the molecule is O=C(CN1CCC(C(=O)Nc2ccccc2)CC1)NCc1ccc(Cl)s1. The van der Waals surface area contributed by atoms with Crippen LogP contribution in [0.25, 0.3) is 0 Å². The Bertz CT molecular complexity index is 742. The second kappa shape index (κ2) is 9.16. The molecule has 0 bridgehead atoms. The van der Waals surface area contributed by atoms with Crippen molar-refractivity contribution < 1.29 is 9.59 Å². The Morgan fingerprint density at radius 3 is 2.50 bits per heavy atom. The first-order chi connectivity index (χ1) is 12.6. The lowest BCUT2D eigenvalue weighted by molar-refractivity contribution is -0.123. The summed E-state index contributed by atoms with van der Waals surface area (Å²) in [5.41, 5.74) is 0.827. The molecule has 2 heterocycles. The van der Waals surface area contributed by atoms with Crippen LogP contribution in [0.3, 0.4) is 0 Å². The zero-order valence-electron chi connectivity index (χ0n) is 14.4. The van der Waals surface area contributed by atoms with E-state index in [1.165, 1.54) is 11.3 Å². The van der Waals surface area contributed by atoms with Gasteiger partial charge >= 0.3 is 0 Å². The lowest BCUT2D eigenvalue weighted by atomic mass is 9.96. The summed E-state index contributed by atoms with van der Waals surface area (Å²) < 4.78 is 0.727. The second-order valence-corrected chi connectivity index (χ2v) is 8.19. The lowest BCUT2D eigenvalue weighted by Gasteiger charge is -2.30. The average Bonchev–Trinajstić information content (AvgIpc) is 3.07. The van der Waals surface area contributed by atoms with Gasteiger partial charge in [-0.2, -0.15) is 0 Å². The molecule has 1 aromatic carbocycles.